The molecule has 0 aliphatic carbocycles. The van der Waals surface area contributed by atoms with Crippen molar-refractivity contribution in [2.24, 2.45) is 0 Å². The van der Waals surface area contributed by atoms with Gasteiger partial charge in [0.2, 0.25) is 0 Å². The summed E-state index contributed by atoms with van der Waals surface area (Å²) >= 11 is 0. The van der Waals surface area contributed by atoms with E-state index in [-0.39, 0.29) is 45.8 Å². The summed E-state index contributed by atoms with van der Waals surface area (Å²) in [5.74, 6) is 1.35. The molecule has 7 atom stereocenters. The third-order valence-corrected chi connectivity index (χ3v) is 11.7. The zero-order chi connectivity index (χ0) is 41.8. The van der Waals surface area contributed by atoms with E-state index in [2.05, 4.69) is 5.32 Å². The second kappa shape index (κ2) is 20.6. The van der Waals surface area contributed by atoms with Gasteiger partial charge in [0.15, 0.2) is 0 Å². The van der Waals surface area contributed by atoms with Crippen LogP contribution in [0.4, 0.5) is 0 Å². The van der Waals surface area contributed by atoms with E-state index in [1.165, 1.54) is 6.20 Å². The number of nitrogens with one attached hydrogen (secondary N) is 1. The number of carbonyl (C=O) groups is 1. The topological polar surface area (TPSA) is 176 Å². The molecule has 16 heteroatoms. The van der Waals surface area contributed by atoms with E-state index < -0.39 is 50.3 Å². The molecule has 0 amide bonds. The van der Waals surface area contributed by atoms with Crippen LogP contribution in [0, 0.1) is 11.3 Å². The smallest absolute Gasteiger partial charge is 0.475 e. The highest BCUT2D eigenvalue weighted by Crippen LogP contribution is 2.53. The molecule has 0 aromatic heterocycles. The first-order valence-corrected chi connectivity index (χ1v) is 20.9. The number of aldehydes is 1. The predicted molar refractivity (Wildman–Crippen MR) is 215 cm³/mol. The van der Waals surface area contributed by atoms with Crippen molar-refractivity contribution in [3.8, 4) is 17.6 Å². The van der Waals surface area contributed by atoms with Gasteiger partial charge in [-0.3, -0.25) is 18.4 Å². The minimum absolute atomic E-state index is 0.0603. The number of allylic oxidation sites excluding steroid dienone is 1. The van der Waals surface area contributed by atoms with E-state index in [0.717, 1.165) is 22.3 Å². The zero-order valence-corrected chi connectivity index (χ0v) is 34.5. The molecule has 316 valence electrons. The van der Waals surface area contributed by atoms with Gasteiger partial charge in [0.1, 0.15) is 60.9 Å². The molecule has 3 aliphatic heterocycles. The van der Waals surface area contributed by atoms with Gasteiger partial charge in [-0.05, 0) is 60.4 Å². The fraction of sp³-hybridized carbons (Fsp3) is 0.442. The maximum Gasteiger partial charge on any atom is 0.475 e. The monoisotopic (exact) mass is 833 g/mol. The van der Waals surface area contributed by atoms with Gasteiger partial charge >= 0.3 is 7.82 Å². The highest BCUT2D eigenvalue weighted by Gasteiger charge is 2.47. The van der Waals surface area contributed by atoms with Crippen molar-refractivity contribution in [1.82, 2.24) is 10.2 Å². The van der Waals surface area contributed by atoms with Gasteiger partial charge < -0.3 is 43.7 Å². The van der Waals surface area contributed by atoms with Crippen LogP contribution < -0.4 is 14.8 Å². The molecule has 3 aliphatic rings. The van der Waals surface area contributed by atoms with Crippen molar-refractivity contribution in [1.29, 1.82) is 5.26 Å². The molecule has 2 N–H and O–H groups in total. The van der Waals surface area contributed by atoms with E-state index in [1.54, 1.807) is 21.1 Å². The summed E-state index contributed by atoms with van der Waals surface area (Å²) in [6, 6.07) is 27.1. The van der Waals surface area contributed by atoms with Crippen LogP contribution >= 0.6 is 7.82 Å². The van der Waals surface area contributed by atoms with Crippen LogP contribution in [0.25, 0.3) is 0 Å². The number of aliphatic hydroxyl groups is 1. The molecule has 15 nitrogen and oxygen atoms in total. The molecule has 0 bridgehead atoms. The molecule has 59 heavy (non-hydrogen) atoms. The van der Waals surface area contributed by atoms with Gasteiger partial charge in [-0.2, -0.15) is 5.26 Å². The summed E-state index contributed by atoms with van der Waals surface area (Å²) in [5, 5.41) is 23.0. The fourth-order valence-electron chi connectivity index (χ4n) is 7.16. The Bertz CT molecular complexity index is 1930. The SMILES string of the molecule is COc1ccc(C(OC[C@H]2O[C@@H](N3C=C(C)COC3)C[C@H]2OP(=O)(OCCC#N)OC[C@H]2O[C@@H](N/C=C(/C)C=O)C[C@H]2O)(c2ccccc2)c2ccc(OC)cc2)cc1. The molecule has 3 aromatic rings. The van der Waals surface area contributed by atoms with Crippen molar-refractivity contribution in [2.75, 3.05) is 47.4 Å². The Kier molecular flexibility index (Phi) is 15.3. The Morgan fingerprint density at radius 3 is 2.22 bits per heavy atom. The molecule has 1 unspecified atom stereocenters. The molecule has 3 heterocycles. The van der Waals surface area contributed by atoms with E-state index in [4.69, 9.17) is 42.0 Å². The van der Waals surface area contributed by atoms with Gasteiger partial charge in [0.05, 0.1) is 59.2 Å². The molecule has 0 saturated carbocycles. The predicted octanol–water partition coefficient (Wildman–Crippen LogP) is 5.93. The first-order valence-electron chi connectivity index (χ1n) is 19.4. The van der Waals surface area contributed by atoms with Crippen LogP contribution in [0.3, 0.4) is 0 Å². The lowest BCUT2D eigenvalue weighted by Gasteiger charge is -2.37. The largest absolute Gasteiger partial charge is 0.497 e. The second-order valence-electron chi connectivity index (χ2n) is 14.4. The number of methoxy groups -OCH3 is 2. The summed E-state index contributed by atoms with van der Waals surface area (Å²) in [5.41, 5.74) is 2.68. The van der Waals surface area contributed by atoms with Gasteiger partial charge in [-0.15, -0.1) is 0 Å². The number of ether oxygens (including phenoxy) is 6. The molecule has 6 rings (SSSR count). The van der Waals surface area contributed by atoms with Crippen molar-refractivity contribution >= 4 is 14.1 Å². The standard InChI is InChI=1S/C43H52N3O12P/c1-30(25-47)23-45-41-21-37(48)39(56-41)28-55-59(49,54-20-8-19-44)58-38-22-42(46-24-31(2)26-52-29-46)57-40(38)27-53-43(32-9-6-5-7-10-32,33-11-15-35(50-3)16-12-33)34-13-17-36(51-4)18-14-34/h5-7,9-18,23-25,37-42,45,48H,8,20-22,26-29H2,1-4H3/b30-23-/t37-,38-,39-,40-,41-,42-,59?/m1/s1. The number of hydrogen-bond acceptors (Lipinski definition) is 15. The number of nitrogens with zero attached hydrogens (tertiary/aromatic N) is 2. The zero-order valence-electron chi connectivity index (χ0n) is 33.6. The number of nitriles is 1. The highest BCUT2D eigenvalue weighted by atomic mass is 31.2. The van der Waals surface area contributed by atoms with E-state index in [0.29, 0.717) is 30.0 Å². The van der Waals surface area contributed by atoms with Crippen LogP contribution in [-0.2, 0) is 47.5 Å². The number of rotatable bonds is 20. The Morgan fingerprint density at radius 1 is 0.949 bits per heavy atom. The van der Waals surface area contributed by atoms with E-state index in [9.17, 15) is 19.7 Å². The maximum absolute atomic E-state index is 14.6. The number of hydrogen-bond donors (Lipinski definition) is 2. The summed E-state index contributed by atoms with van der Waals surface area (Å²) in [4.78, 5) is 13.0. The Hall–Kier alpha value is -4.59. The van der Waals surface area contributed by atoms with Crippen LogP contribution in [0.1, 0.15) is 49.8 Å². The second-order valence-corrected chi connectivity index (χ2v) is 16.0. The molecule has 0 radical (unpaired) electrons. The van der Waals surface area contributed by atoms with E-state index >= 15 is 0 Å². The van der Waals surface area contributed by atoms with Crippen LogP contribution in [-0.4, -0.2) is 101 Å². The van der Waals surface area contributed by atoms with Crippen LogP contribution in [0.15, 0.2) is 102 Å². The van der Waals surface area contributed by atoms with Crippen LogP contribution in [0.5, 0.6) is 11.5 Å². The lowest BCUT2D eigenvalue weighted by molar-refractivity contribution is -0.121. The number of phosphoric ester groups is 1. The summed E-state index contributed by atoms with van der Waals surface area (Å²) in [6.45, 7) is 3.66. The molecule has 2 fully saturated rings. The molecule has 0 spiro atoms. The van der Waals surface area contributed by atoms with Crippen molar-refractivity contribution in [3.05, 3.63) is 119 Å². The highest BCUT2D eigenvalue weighted by molar-refractivity contribution is 7.48. The van der Waals surface area contributed by atoms with Gasteiger partial charge in [0, 0.05) is 30.8 Å². The molecule has 3 aromatic carbocycles. The third kappa shape index (κ3) is 11.0. The average Bonchev–Trinajstić information content (AvgIpc) is 3.84. The molecule has 2 saturated heterocycles. The van der Waals surface area contributed by atoms with Crippen LogP contribution in [0.2, 0.25) is 0 Å². The number of phosphoric acid groups is 1. The lowest BCUT2D eigenvalue weighted by Crippen LogP contribution is -2.39. The maximum atomic E-state index is 14.6. The third-order valence-electron chi connectivity index (χ3n) is 10.2. The Morgan fingerprint density at radius 2 is 1.61 bits per heavy atom. The van der Waals surface area contributed by atoms with Crippen molar-refractivity contribution in [2.45, 2.75) is 75.6 Å². The van der Waals surface area contributed by atoms with Crippen molar-refractivity contribution in [3.63, 3.8) is 0 Å². The minimum Gasteiger partial charge on any atom is -0.497 e. The summed E-state index contributed by atoms with van der Waals surface area (Å²) in [7, 11) is -1.24. The van der Waals surface area contributed by atoms with Gasteiger partial charge in [0.25, 0.3) is 0 Å². The van der Waals surface area contributed by atoms with E-state index in [1.807, 2.05) is 103 Å². The minimum atomic E-state index is -4.46. The fourth-order valence-corrected chi connectivity index (χ4v) is 8.55. The molecular formula is C43H52N3O12P. The first-order chi connectivity index (χ1) is 28.6. The number of aliphatic hydroxyl groups excluding tert-OH is 1. The first kappa shape index (κ1) is 44.0. The number of benzene rings is 3. The average molecular weight is 834 g/mol. The normalized spacial score (nSPS) is 24.5. The summed E-state index contributed by atoms with van der Waals surface area (Å²) < 4.78 is 69.1. The van der Waals surface area contributed by atoms with Crippen molar-refractivity contribution < 1.29 is 56.5 Å². The molecular weight excluding hydrogens is 781 g/mol. The van der Waals surface area contributed by atoms with Gasteiger partial charge in [-0.1, -0.05) is 54.6 Å². The Balaban J connectivity index is 1.32. The van der Waals surface area contributed by atoms with Gasteiger partial charge in [-0.25, -0.2) is 4.57 Å². The quantitative estimate of drug-likeness (QED) is 0.0450. The Labute approximate surface area is 345 Å². The summed E-state index contributed by atoms with van der Waals surface area (Å²) in [6.07, 6.45) is -0.355. The lowest BCUT2D eigenvalue weighted by atomic mass is 9.80. The number of carbonyl (C=O) groups excluding carboxylic acids is 1.